The number of halogens is 2. The van der Waals surface area contributed by atoms with Crippen LogP contribution in [-0.4, -0.2) is 12.0 Å². The number of benzene rings is 1. The van der Waals surface area contributed by atoms with E-state index in [2.05, 4.69) is 21.7 Å². The van der Waals surface area contributed by atoms with Gasteiger partial charge >= 0.3 is 12.0 Å². The summed E-state index contributed by atoms with van der Waals surface area (Å²) in [4.78, 5) is 11.1. The predicted octanol–water partition coefficient (Wildman–Crippen LogP) is 3.42. The summed E-state index contributed by atoms with van der Waals surface area (Å²) in [5, 5.41) is 2.14. The molecule has 0 aromatic heterocycles. The minimum absolute atomic E-state index is 0.0386. The molecule has 0 unspecified atom stereocenters. The van der Waals surface area contributed by atoms with Gasteiger partial charge in [-0.1, -0.05) is 16.9 Å². The first kappa shape index (κ1) is 13.5. The van der Waals surface area contributed by atoms with Gasteiger partial charge in [-0.05, 0) is 31.5 Å². The maximum absolute atomic E-state index is 13.0. The van der Waals surface area contributed by atoms with Crippen LogP contribution in [0.1, 0.15) is 19.4 Å². The third-order valence-electron chi connectivity index (χ3n) is 2.65. The van der Waals surface area contributed by atoms with Crippen LogP contribution in [0.3, 0.4) is 0 Å². The second-order valence-electron chi connectivity index (χ2n) is 4.39. The van der Waals surface area contributed by atoms with E-state index in [1.807, 2.05) is 13.8 Å². The van der Waals surface area contributed by atoms with E-state index in [4.69, 9.17) is 0 Å². The first-order valence-corrected chi connectivity index (χ1v) is 6.98. The summed E-state index contributed by atoms with van der Waals surface area (Å²) in [6.07, 6.45) is -3.82. The van der Waals surface area contributed by atoms with E-state index >= 15 is 0 Å². The van der Waals surface area contributed by atoms with Gasteiger partial charge < -0.3 is 10.1 Å². The fourth-order valence-electron chi connectivity index (χ4n) is 1.52. The number of hydrogen-bond donors (Lipinski definition) is 2. The highest BCUT2D eigenvalue weighted by Crippen LogP contribution is 2.42. The molecule has 0 aliphatic carbocycles. The Morgan fingerprint density at radius 3 is 2.72 bits per heavy atom. The molecule has 1 N–H and O–H groups in total. The topological polar surface area (TPSA) is 38.3 Å². The van der Waals surface area contributed by atoms with E-state index in [9.17, 15) is 13.6 Å². The Labute approximate surface area is 112 Å². The Kier molecular flexibility index (Phi) is 3.23. The molecular formula is C11H11F2NO2S2. The second-order valence-corrected chi connectivity index (χ2v) is 6.14. The number of hydrogen-bond acceptors (Lipinski definition) is 4. The monoisotopic (exact) mass is 291 g/mol. The maximum atomic E-state index is 13.0. The molecule has 98 valence electrons. The maximum Gasteiger partial charge on any atom is 0.482 e. The minimum Gasteiger partial charge on any atom is -0.423 e. The summed E-state index contributed by atoms with van der Waals surface area (Å²) in [6.45, 7) is 3.87. The summed E-state index contributed by atoms with van der Waals surface area (Å²) in [5.41, 5.74) is 1.11. The quantitative estimate of drug-likeness (QED) is 0.647. The van der Waals surface area contributed by atoms with E-state index in [1.165, 1.54) is 16.9 Å². The molecule has 1 aliphatic heterocycles. The molecule has 0 atom stereocenters. The van der Waals surface area contributed by atoms with E-state index in [1.54, 1.807) is 12.1 Å². The molecule has 2 rings (SSSR count). The number of fused-ring (bicyclic) bond motifs is 1. The third kappa shape index (κ3) is 2.29. The largest absolute Gasteiger partial charge is 0.482 e. The minimum atomic E-state index is -3.82. The van der Waals surface area contributed by atoms with Crippen molar-refractivity contribution in [2.75, 3.05) is 5.32 Å². The number of rotatable bonds is 2. The zero-order chi connectivity index (χ0) is 13.6. The van der Waals surface area contributed by atoms with Crippen LogP contribution in [-0.2, 0) is 9.54 Å². The molecule has 3 nitrogen and oxygen atoms in total. The Balaban J connectivity index is 2.41. The zero-order valence-corrected chi connectivity index (χ0v) is 11.4. The predicted molar refractivity (Wildman–Crippen MR) is 70.2 cm³/mol. The first-order valence-electron chi connectivity index (χ1n) is 5.12. The lowest BCUT2D eigenvalue weighted by molar-refractivity contribution is -0.189. The van der Waals surface area contributed by atoms with Gasteiger partial charge in [-0.15, -0.1) is 11.7 Å². The standard InChI is InChI=1S/C11H11F2NO2S2/c1-10(2,18-17)6-3-4-8-7(5-6)14-9(15)11(12,13)16-8/h3-5,17H,1-2H3,(H,14,15). The summed E-state index contributed by atoms with van der Waals surface area (Å²) < 4.78 is 30.1. The van der Waals surface area contributed by atoms with Crippen LogP contribution in [0.15, 0.2) is 18.2 Å². The van der Waals surface area contributed by atoms with Crippen LogP contribution in [0, 0.1) is 0 Å². The van der Waals surface area contributed by atoms with Crippen molar-refractivity contribution in [2.24, 2.45) is 0 Å². The Hall–Kier alpha value is -0.950. The van der Waals surface area contributed by atoms with E-state index in [0.29, 0.717) is 0 Å². The van der Waals surface area contributed by atoms with Crippen molar-refractivity contribution in [1.29, 1.82) is 0 Å². The lowest BCUT2D eigenvalue weighted by atomic mass is 10.0. The number of alkyl halides is 2. The highest BCUT2D eigenvalue weighted by molar-refractivity contribution is 8.68. The van der Waals surface area contributed by atoms with Crippen LogP contribution in [0.2, 0.25) is 0 Å². The smallest absolute Gasteiger partial charge is 0.423 e. The molecule has 1 amide bonds. The number of carbonyl (C=O) groups is 1. The molecule has 0 radical (unpaired) electrons. The number of anilines is 1. The van der Waals surface area contributed by atoms with Gasteiger partial charge in [0.05, 0.1) is 5.69 Å². The Bertz CT molecular complexity index is 506. The zero-order valence-electron chi connectivity index (χ0n) is 9.66. The van der Waals surface area contributed by atoms with Gasteiger partial charge in [-0.3, -0.25) is 4.79 Å². The normalized spacial score (nSPS) is 17.7. The lowest BCUT2D eigenvalue weighted by Gasteiger charge is -2.27. The molecule has 0 fully saturated rings. The second kappa shape index (κ2) is 4.31. The fourth-order valence-corrected chi connectivity index (χ4v) is 2.07. The van der Waals surface area contributed by atoms with Gasteiger partial charge in [0.25, 0.3) is 0 Å². The third-order valence-corrected chi connectivity index (χ3v) is 4.72. The van der Waals surface area contributed by atoms with Crippen LogP contribution in [0.5, 0.6) is 5.75 Å². The van der Waals surface area contributed by atoms with Crippen molar-refractivity contribution in [3.63, 3.8) is 0 Å². The summed E-state index contributed by atoms with van der Waals surface area (Å²) in [6, 6.07) is 4.71. The molecule has 1 aromatic carbocycles. The van der Waals surface area contributed by atoms with Gasteiger partial charge in [0.15, 0.2) is 5.75 Å². The molecule has 0 saturated carbocycles. The number of ether oxygens (including phenoxy) is 1. The van der Waals surface area contributed by atoms with E-state index < -0.39 is 12.0 Å². The van der Waals surface area contributed by atoms with Gasteiger partial charge in [-0.25, -0.2) is 0 Å². The van der Waals surface area contributed by atoms with Gasteiger partial charge in [-0.2, -0.15) is 8.78 Å². The Morgan fingerprint density at radius 1 is 1.44 bits per heavy atom. The average Bonchev–Trinajstić information content (AvgIpc) is 2.29. The molecule has 7 heteroatoms. The molecule has 0 spiro atoms. The van der Waals surface area contributed by atoms with Crippen molar-refractivity contribution in [2.45, 2.75) is 24.7 Å². The fraction of sp³-hybridized carbons (Fsp3) is 0.364. The molecule has 0 bridgehead atoms. The summed E-state index contributed by atoms with van der Waals surface area (Å²) >= 11 is 4.16. The highest BCUT2D eigenvalue weighted by atomic mass is 33.1. The Morgan fingerprint density at radius 2 is 2.11 bits per heavy atom. The van der Waals surface area contributed by atoms with Crippen LogP contribution >= 0.6 is 22.5 Å². The lowest BCUT2D eigenvalue weighted by Crippen LogP contribution is -2.43. The van der Waals surface area contributed by atoms with Crippen molar-refractivity contribution in [3.8, 4) is 5.75 Å². The summed E-state index contributed by atoms with van der Waals surface area (Å²) in [7, 11) is 1.32. The molecule has 1 heterocycles. The van der Waals surface area contributed by atoms with E-state index in [-0.39, 0.29) is 16.2 Å². The summed E-state index contributed by atoms with van der Waals surface area (Å²) in [5.74, 6) is -1.49. The molecular weight excluding hydrogens is 280 g/mol. The van der Waals surface area contributed by atoms with Gasteiger partial charge in [0, 0.05) is 4.75 Å². The van der Waals surface area contributed by atoms with Gasteiger partial charge in [0.1, 0.15) is 0 Å². The van der Waals surface area contributed by atoms with Crippen molar-refractivity contribution in [1.82, 2.24) is 0 Å². The van der Waals surface area contributed by atoms with E-state index in [0.717, 1.165) is 5.56 Å². The average molecular weight is 291 g/mol. The molecule has 1 aromatic rings. The molecule has 18 heavy (non-hydrogen) atoms. The van der Waals surface area contributed by atoms with Crippen LogP contribution in [0.4, 0.5) is 14.5 Å². The SMILES string of the molecule is CC(C)(SS)c1ccc2c(c1)NC(=O)C(F)(F)O2. The molecule has 1 aliphatic rings. The van der Waals surface area contributed by atoms with Crippen molar-refractivity contribution in [3.05, 3.63) is 23.8 Å². The number of carbonyl (C=O) groups excluding carboxylic acids is 1. The highest BCUT2D eigenvalue weighted by Gasteiger charge is 2.46. The van der Waals surface area contributed by atoms with Crippen molar-refractivity contribution < 1.29 is 18.3 Å². The number of thiol groups is 1. The number of nitrogens with one attached hydrogen (secondary N) is 1. The van der Waals surface area contributed by atoms with Crippen LogP contribution in [0.25, 0.3) is 0 Å². The number of amides is 1. The van der Waals surface area contributed by atoms with Crippen LogP contribution < -0.4 is 10.1 Å². The molecule has 0 saturated heterocycles. The first-order chi connectivity index (χ1) is 8.26. The van der Waals surface area contributed by atoms with Crippen molar-refractivity contribution >= 4 is 34.0 Å². The van der Waals surface area contributed by atoms with Gasteiger partial charge in [0.2, 0.25) is 0 Å².